The lowest BCUT2D eigenvalue weighted by Crippen LogP contribution is -2.41. The number of alkyl halides is 3. The van der Waals surface area contributed by atoms with Gasteiger partial charge in [0.15, 0.2) is 0 Å². The Balaban J connectivity index is 1.32. The van der Waals surface area contributed by atoms with Gasteiger partial charge in [0.05, 0.1) is 17.4 Å². The molecule has 0 bridgehead atoms. The van der Waals surface area contributed by atoms with E-state index in [2.05, 4.69) is 20.9 Å². The molecule has 1 amide bonds. The molecular formula is C29H21F4N5O2. The van der Waals surface area contributed by atoms with Gasteiger partial charge in [0.2, 0.25) is 5.60 Å². The summed E-state index contributed by atoms with van der Waals surface area (Å²) in [5.74, 6) is -1.40. The van der Waals surface area contributed by atoms with Gasteiger partial charge in [0.1, 0.15) is 11.9 Å². The summed E-state index contributed by atoms with van der Waals surface area (Å²) in [4.78, 5) is 17.2. The first-order chi connectivity index (χ1) is 19.1. The lowest BCUT2D eigenvalue weighted by Gasteiger charge is -2.28. The Bertz CT molecular complexity index is 1780. The number of hydrazine groups is 1. The van der Waals surface area contributed by atoms with Crippen molar-refractivity contribution in [1.82, 2.24) is 20.2 Å². The first-order valence-electron chi connectivity index (χ1n) is 12.3. The smallest absolute Gasteiger partial charge is 0.372 e. The van der Waals surface area contributed by atoms with E-state index in [1.165, 1.54) is 35.3 Å². The molecule has 11 heteroatoms. The van der Waals surface area contributed by atoms with Crippen molar-refractivity contribution in [1.29, 1.82) is 0 Å². The lowest BCUT2D eigenvalue weighted by atomic mass is 9.89. The van der Waals surface area contributed by atoms with Crippen LogP contribution in [0, 0.1) is 5.82 Å². The fourth-order valence-electron chi connectivity index (χ4n) is 5.12. The highest BCUT2D eigenvalue weighted by molar-refractivity contribution is 5.93. The molecular weight excluding hydrogens is 526 g/mol. The second-order valence-corrected chi connectivity index (χ2v) is 9.50. The molecule has 7 nitrogen and oxygen atoms in total. The number of aromatic nitrogens is 3. The van der Waals surface area contributed by atoms with E-state index in [1.807, 2.05) is 24.3 Å². The average molecular weight is 548 g/mol. The minimum atomic E-state index is -5.09. The molecule has 2 unspecified atom stereocenters. The van der Waals surface area contributed by atoms with Gasteiger partial charge >= 0.3 is 6.18 Å². The van der Waals surface area contributed by atoms with E-state index < -0.39 is 35.1 Å². The zero-order chi connectivity index (χ0) is 28.2. The van der Waals surface area contributed by atoms with Crippen molar-refractivity contribution >= 4 is 22.5 Å². The largest absolute Gasteiger partial charge is 0.425 e. The number of carbonyl (C=O) groups is 1. The summed E-state index contributed by atoms with van der Waals surface area (Å²) in [6, 6.07) is 15.6. The average Bonchev–Trinajstić information content (AvgIpc) is 3.53. The number of rotatable bonds is 5. The summed E-state index contributed by atoms with van der Waals surface area (Å²) in [6.45, 7) is 1.59. The second-order valence-electron chi connectivity index (χ2n) is 9.50. The lowest BCUT2D eigenvalue weighted by molar-refractivity contribution is -0.246. The molecule has 3 aromatic carbocycles. The van der Waals surface area contributed by atoms with Crippen molar-refractivity contribution in [2.24, 2.45) is 0 Å². The van der Waals surface area contributed by atoms with Crippen molar-refractivity contribution in [3.05, 3.63) is 102 Å². The van der Waals surface area contributed by atoms with E-state index in [1.54, 1.807) is 25.3 Å². The van der Waals surface area contributed by atoms with Crippen LogP contribution in [-0.2, 0) is 10.4 Å². The third kappa shape index (κ3) is 3.89. The number of anilines is 1. The van der Waals surface area contributed by atoms with Crippen LogP contribution in [0.25, 0.3) is 33.2 Å². The number of pyridine rings is 1. The molecule has 2 atom stereocenters. The van der Waals surface area contributed by atoms with Gasteiger partial charge in [-0.15, -0.1) is 0 Å². The molecule has 6 rings (SSSR count). The number of nitrogens with zero attached hydrogens (tertiary/aromatic N) is 3. The Labute approximate surface area is 225 Å². The van der Waals surface area contributed by atoms with Gasteiger partial charge in [-0.1, -0.05) is 42.5 Å². The summed E-state index contributed by atoms with van der Waals surface area (Å²) in [5.41, 5.74) is 3.15. The number of hydrogen-bond acceptors (Lipinski definition) is 5. The van der Waals surface area contributed by atoms with E-state index in [4.69, 9.17) is 0 Å². The van der Waals surface area contributed by atoms with Crippen LogP contribution >= 0.6 is 0 Å². The Morgan fingerprint density at radius 2 is 1.77 bits per heavy atom. The summed E-state index contributed by atoms with van der Waals surface area (Å²) in [7, 11) is 0. The molecule has 202 valence electrons. The third-order valence-electron chi connectivity index (χ3n) is 7.15. The highest BCUT2D eigenvalue weighted by Crippen LogP contribution is 2.57. The maximum atomic E-state index is 14.7. The van der Waals surface area contributed by atoms with Crippen LogP contribution in [0.3, 0.4) is 0 Å². The molecule has 3 N–H and O–H groups in total. The number of aliphatic hydroxyl groups is 1. The molecule has 0 spiro atoms. The maximum Gasteiger partial charge on any atom is 0.425 e. The SMILES string of the molecule is CC(C(=O)NNc1ccnc2ccccc12)n1cc(-c2cc(F)cc3c2-c2ccccc2C3(O)C(F)(F)F)cn1. The van der Waals surface area contributed by atoms with Gasteiger partial charge < -0.3 is 5.11 Å². The third-order valence-corrected chi connectivity index (χ3v) is 7.15. The molecule has 0 saturated carbocycles. The monoisotopic (exact) mass is 547 g/mol. The number of benzene rings is 3. The standard InChI is InChI=1S/C29H21F4N5O2/c1-16(27(39)37-36-25-10-11-34-24-9-5-3-7-20(24)25)38-15-17(14-35-38)21-12-18(30)13-23-26(21)19-6-2-4-8-22(19)28(23,40)29(31,32)33/h2-16,40H,1H3,(H,34,36)(H,37,39). The minimum Gasteiger partial charge on any atom is -0.372 e. The number of para-hydroxylation sites is 1. The molecule has 1 aliphatic carbocycles. The second kappa shape index (κ2) is 9.16. The summed E-state index contributed by atoms with van der Waals surface area (Å²) in [5, 5.41) is 16.0. The number of fused-ring (bicyclic) bond motifs is 4. The zero-order valence-electron chi connectivity index (χ0n) is 20.9. The van der Waals surface area contributed by atoms with Crippen LogP contribution in [-0.4, -0.2) is 32.0 Å². The van der Waals surface area contributed by atoms with Gasteiger partial charge in [0.25, 0.3) is 5.91 Å². The molecule has 2 aromatic heterocycles. The first-order valence-corrected chi connectivity index (χ1v) is 12.3. The normalized spacial score (nSPS) is 16.9. The quantitative estimate of drug-likeness (QED) is 0.193. The number of hydrogen-bond donors (Lipinski definition) is 3. The van der Waals surface area contributed by atoms with Crippen LogP contribution in [0.4, 0.5) is 23.2 Å². The first kappa shape index (κ1) is 25.5. The number of carbonyl (C=O) groups excluding carboxylic acids is 1. The fraction of sp³-hybridized carbons (Fsp3) is 0.138. The molecule has 1 aliphatic rings. The highest BCUT2D eigenvalue weighted by Gasteiger charge is 2.61. The van der Waals surface area contributed by atoms with Crippen LogP contribution in [0.1, 0.15) is 24.1 Å². The summed E-state index contributed by atoms with van der Waals surface area (Å²) >= 11 is 0. The zero-order valence-corrected chi connectivity index (χ0v) is 20.9. The van der Waals surface area contributed by atoms with E-state index in [9.17, 15) is 27.5 Å². The van der Waals surface area contributed by atoms with E-state index in [-0.39, 0.29) is 27.8 Å². The van der Waals surface area contributed by atoms with Crippen molar-refractivity contribution in [2.45, 2.75) is 24.7 Å². The Morgan fingerprint density at radius 1 is 1.02 bits per heavy atom. The Morgan fingerprint density at radius 3 is 2.58 bits per heavy atom. The summed E-state index contributed by atoms with van der Waals surface area (Å²) in [6.07, 6.45) is -0.691. The van der Waals surface area contributed by atoms with Crippen LogP contribution < -0.4 is 10.9 Å². The Hall–Kier alpha value is -4.77. The highest BCUT2D eigenvalue weighted by atomic mass is 19.4. The maximum absolute atomic E-state index is 14.7. The van der Waals surface area contributed by atoms with Gasteiger partial charge in [-0.3, -0.25) is 25.3 Å². The van der Waals surface area contributed by atoms with Gasteiger partial charge in [-0.2, -0.15) is 18.3 Å². The van der Waals surface area contributed by atoms with Crippen LogP contribution in [0.2, 0.25) is 0 Å². The molecule has 0 fully saturated rings. The minimum absolute atomic E-state index is 0.0553. The van der Waals surface area contributed by atoms with Gasteiger partial charge in [0, 0.05) is 34.5 Å². The van der Waals surface area contributed by atoms with E-state index in [0.717, 1.165) is 17.0 Å². The van der Waals surface area contributed by atoms with Gasteiger partial charge in [-0.05, 0) is 47.9 Å². The fourth-order valence-corrected chi connectivity index (χ4v) is 5.12. The summed E-state index contributed by atoms with van der Waals surface area (Å²) < 4.78 is 58.7. The molecule has 0 saturated heterocycles. The molecule has 40 heavy (non-hydrogen) atoms. The van der Waals surface area contributed by atoms with E-state index in [0.29, 0.717) is 11.8 Å². The molecule has 0 radical (unpaired) electrons. The number of amides is 1. The number of halogens is 4. The van der Waals surface area contributed by atoms with Crippen LogP contribution in [0.5, 0.6) is 0 Å². The van der Waals surface area contributed by atoms with Crippen molar-refractivity contribution in [3.8, 4) is 22.3 Å². The van der Waals surface area contributed by atoms with E-state index >= 15 is 0 Å². The predicted molar refractivity (Wildman–Crippen MR) is 140 cm³/mol. The van der Waals surface area contributed by atoms with Crippen LogP contribution in [0.15, 0.2) is 85.3 Å². The topological polar surface area (TPSA) is 92.1 Å². The Kier molecular flexibility index (Phi) is 5.84. The van der Waals surface area contributed by atoms with Crippen molar-refractivity contribution in [2.75, 3.05) is 5.43 Å². The molecule has 2 heterocycles. The molecule has 0 aliphatic heterocycles. The number of nitrogens with one attached hydrogen (secondary N) is 2. The predicted octanol–water partition coefficient (Wildman–Crippen LogP) is 5.72. The molecule has 5 aromatic rings. The van der Waals surface area contributed by atoms with Crippen molar-refractivity contribution in [3.63, 3.8) is 0 Å². The van der Waals surface area contributed by atoms with Crippen molar-refractivity contribution < 1.29 is 27.5 Å². The van der Waals surface area contributed by atoms with Gasteiger partial charge in [-0.25, -0.2) is 4.39 Å².